The molecule has 0 aliphatic carbocycles. The van der Waals surface area contributed by atoms with Gasteiger partial charge in [0.2, 0.25) is 5.91 Å². The van der Waals surface area contributed by atoms with Gasteiger partial charge in [-0.2, -0.15) is 0 Å². The van der Waals surface area contributed by atoms with Crippen molar-refractivity contribution in [1.82, 2.24) is 9.97 Å². The largest absolute Gasteiger partial charge is 0.302 e. The van der Waals surface area contributed by atoms with Crippen molar-refractivity contribution in [3.63, 3.8) is 0 Å². The molecule has 8 heteroatoms. The predicted octanol–water partition coefficient (Wildman–Crippen LogP) is 5.46. The zero-order valence-corrected chi connectivity index (χ0v) is 17.5. The minimum Gasteiger partial charge on any atom is -0.302 e. The van der Waals surface area contributed by atoms with Crippen LogP contribution >= 0.6 is 22.7 Å². The molecule has 2 heterocycles. The van der Waals surface area contributed by atoms with E-state index in [4.69, 9.17) is 0 Å². The van der Waals surface area contributed by atoms with Gasteiger partial charge in [-0.15, -0.1) is 11.3 Å². The molecule has 0 saturated heterocycles. The lowest BCUT2D eigenvalue weighted by molar-refractivity contribution is -0.115. The summed E-state index contributed by atoms with van der Waals surface area (Å²) in [4.78, 5) is 33.9. The van der Waals surface area contributed by atoms with E-state index >= 15 is 0 Å². The summed E-state index contributed by atoms with van der Waals surface area (Å²) >= 11 is 2.50. The first-order chi connectivity index (χ1) is 14.5. The summed E-state index contributed by atoms with van der Waals surface area (Å²) in [6.45, 7) is 1.48. The van der Waals surface area contributed by atoms with E-state index in [1.807, 2.05) is 30.3 Å². The molecule has 1 amide bonds. The van der Waals surface area contributed by atoms with Gasteiger partial charge >= 0.3 is 0 Å². The highest BCUT2D eigenvalue weighted by Gasteiger charge is 2.18. The second-order valence-electron chi connectivity index (χ2n) is 6.50. The Morgan fingerprint density at radius 2 is 1.80 bits per heavy atom. The molecule has 0 aliphatic heterocycles. The van der Waals surface area contributed by atoms with Crippen LogP contribution in [-0.4, -0.2) is 21.7 Å². The van der Waals surface area contributed by atoms with Crippen molar-refractivity contribution >= 4 is 39.5 Å². The minimum absolute atomic E-state index is 0.0570. The SMILES string of the molecule is CC(=O)c1sc(NC(=O)Cc2csc(-c3cccc(F)c3)n2)nc1-c1ccccc1. The number of nitrogens with zero attached hydrogens (tertiary/aromatic N) is 2. The number of carbonyl (C=O) groups excluding carboxylic acids is 2. The topological polar surface area (TPSA) is 72.0 Å². The quantitative estimate of drug-likeness (QED) is 0.407. The van der Waals surface area contributed by atoms with E-state index in [1.165, 1.54) is 30.4 Å². The number of halogens is 1. The van der Waals surface area contributed by atoms with Gasteiger partial charge < -0.3 is 5.32 Å². The molecule has 0 unspecified atom stereocenters. The number of hydrogen-bond donors (Lipinski definition) is 1. The molecule has 0 fully saturated rings. The second-order valence-corrected chi connectivity index (χ2v) is 8.36. The van der Waals surface area contributed by atoms with Gasteiger partial charge in [-0.1, -0.05) is 53.8 Å². The zero-order chi connectivity index (χ0) is 21.1. The lowest BCUT2D eigenvalue weighted by Gasteiger charge is -2.00. The number of rotatable bonds is 6. The average Bonchev–Trinajstić information content (AvgIpc) is 3.36. The first kappa shape index (κ1) is 20.1. The van der Waals surface area contributed by atoms with Crippen LogP contribution in [-0.2, 0) is 11.2 Å². The first-order valence-electron chi connectivity index (χ1n) is 9.07. The van der Waals surface area contributed by atoms with Crippen molar-refractivity contribution in [3.8, 4) is 21.8 Å². The third kappa shape index (κ3) is 4.50. The number of Topliss-reactive ketones (excluding diaryl/α,β-unsaturated/α-hetero) is 1. The maximum absolute atomic E-state index is 13.4. The van der Waals surface area contributed by atoms with E-state index in [0.29, 0.717) is 32.0 Å². The summed E-state index contributed by atoms with van der Waals surface area (Å²) in [7, 11) is 0. The van der Waals surface area contributed by atoms with E-state index in [-0.39, 0.29) is 23.9 Å². The third-order valence-corrected chi connectivity index (χ3v) is 6.22. The van der Waals surface area contributed by atoms with Gasteiger partial charge in [0.25, 0.3) is 0 Å². The predicted molar refractivity (Wildman–Crippen MR) is 117 cm³/mol. The molecule has 150 valence electrons. The molecule has 2 aromatic carbocycles. The van der Waals surface area contributed by atoms with Crippen LogP contribution in [0.5, 0.6) is 0 Å². The average molecular weight is 438 g/mol. The molecule has 0 spiro atoms. The molecule has 5 nitrogen and oxygen atoms in total. The lowest BCUT2D eigenvalue weighted by atomic mass is 10.1. The standard InChI is InChI=1S/C22H16FN3O2S2/c1-13(27)20-19(14-6-3-2-4-7-14)26-22(30-20)25-18(28)11-17-12-29-21(24-17)15-8-5-9-16(23)10-15/h2-10,12H,11H2,1H3,(H,25,26,28). The van der Waals surface area contributed by atoms with Crippen LogP contribution < -0.4 is 5.32 Å². The highest BCUT2D eigenvalue weighted by atomic mass is 32.1. The van der Waals surface area contributed by atoms with Crippen LogP contribution in [0.3, 0.4) is 0 Å². The van der Waals surface area contributed by atoms with E-state index in [9.17, 15) is 14.0 Å². The number of nitrogens with one attached hydrogen (secondary N) is 1. The highest BCUT2D eigenvalue weighted by Crippen LogP contribution is 2.31. The van der Waals surface area contributed by atoms with Gasteiger partial charge in [0.05, 0.1) is 22.7 Å². The normalized spacial score (nSPS) is 10.7. The van der Waals surface area contributed by atoms with Gasteiger partial charge in [0, 0.05) is 23.4 Å². The van der Waals surface area contributed by atoms with Gasteiger partial charge in [0.15, 0.2) is 10.9 Å². The number of carbonyl (C=O) groups is 2. The maximum atomic E-state index is 13.4. The number of benzene rings is 2. The summed E-state index contributed by atoms with van der Waals surface area (Å²) in [6, 6.07) is 15.5. The molecular formula is C22H16FN3O2S2. The van der Waals surface area contributed by atoms with Crippen molar-refractivity contribution in [3.05, 3.63) is 76.4 Å². The Labute approximate surface area is 180 Å². The Kier molecular flexibility index (Phi) is 5.78. The molecule has 4 aromatic rings. The van der Waals surface area contributed by atoms with Gasteiger partial charge in [-0.25, -0.2) is 14.4 Å². The molecule has 0 bridgehead atoms. The van der Waals surface area contributed by atoms with E-state index in [0.717, 1.165) is 16.9 Å². The minimum atomic E-state index is -0.332. The smallest absolute Gasteiger partial charge is 0.232 e. The fourth-order valence-corrected chi connectivity index (χ4v) is 4.59. The number of hydrogen-bond acceptors (Lipinski definition) is 6. The van der Waals surface area contributed by atoms with Gasteiger partial charge in [-0.05, 0) is 12.1 Å². The van der Waals surface area contributed by atoms with Gasteiger partial charge in [-0.3, -0.25) is 9.59 Å². The second kappa shape index (κ2) is 8.64. The summed E-state index contributed by atoms with van der Waals surface area (Å²) in [5, 5.41) is 5.55. The molecule has 0 atom stereocenters. The fourth-order valence-electron chi connectivity index (χ4n) is 2.87. The van der Waals surface area contributed by atoms with E-state index < -0.39 is 0 Å². The number of aromatic nitrogens is 2. The number of anilines is 1. The van der Waals surface area contributed by atoms with Crippen LogP contribution in [0, 0.1) is 5.82 Å². The van der Waals surface area contributed by atoms with Crippen LogP contribution in [0.15, 0.2) is 60.0 Å². The van der Waals surface area contributed by atoms with Gasteiger partial charge in [0.1, 0.15) is 10.8 Å². The summed E-state index contributed by atoms with van der Waals surface area (Å²) < 4.78 is 13.4. The Hall–Kier alpha value is -3.23. The van der Waals surface area contributed by atoms with Crippen LogP contribution in [0.4, 0.5) is 9.52 Å². The number of ketones is 1. The number of amides is 1. The Balaban J connectivity index is 1.49. The van der Waals surface area contributed by atoms with Crippen molar-refractivity contribution in [1.29, 1.82) is 0 Å². The summed E-state index contributed by atoms with van der Waals surface area (Å²) in [5.74, 6) is -0.720. The molecule has 0 radical (unpaired) electrons. The number of thiazole rings is 2. The Bertz CT molecular complexity index is 1220. The highest BCUT2D eigenvalue weighted by molar-refractivity contribution is 7.18. The lowest BCUT2D eigenvalue weighted by Crippen LogP contribution is -2.14. The van der Waals surface area contributed by atoms with Crippen LogP contribution in [0.25, 0.3) is 21.8 Å². The maximum Gasteiger partial charge on any atom is 0.232 e. The molecule has 4 rings (SSSR count). The Morgan fingerprint density at radius 3 is 2.53 bits per heavy atom. The fraction of sp³-hybridized carbons (Fsp3) is 0.0909. The molecule has 0 saturated carbocycles. The zero-order valence-electron chi connectivity index (χ0n) is 15.9. The summed E-state index contributed by atoms with van der Waals surface area (Å²) in [6.07, 6.45) is 0.0570. The molecule has 2 aromatic heterocycles. The van der Waals surface area contributed by atoms with E-state index in [2.05, 4.69) is 15.3 Å². The molecule has 0 aliphatic rings. The van der Waals surface area contributed by atoms with Crippen molar-refractivity contribution in [2.24, 2.45) is 0 Å². The van der Waals surface area contributed by atoms with Crippen molar-refractivity contribution in [2.45, 2.75) is 13.3 Å². The molecule has 30 heavy (non-hydrogen) atoms. The third-order valence-electron chi connectivity index (χ3n) is 4.21. The van der Waals surface area contributed by atoms with Crippen LogP contribution in [0.2, 0.25) is 0 Å². The molecular weight excluding hydrogens is 421 g/mol. The van der Waals surface area contributed by atoms with Crippen molar-refractivity contribution in [2.75, 3.05) is 5.32 Å². The Morgan fingerprint density at radius 1 is 1.03 bits per heavy atom. The van der Waals surface area contributed by atoms with Crippen molar-refractivity contribution < 1.29 is 14.0 Å². The van der Waals surface area contributed by atoms with E-state index in [1.54, 1.807) is 17.5 Å². The molecule has 1 N–H and O–H groups in total. The van der Waals surface area contributed by atoms with Crippen LogP contribution in [0.1, 0.15) is 22.3 Å². The summed E-state index contributed by atoms with van der Waals surface area (Å²) in [5.41, 5.74) is 2.64. The first-order valence-corrected chi connectivity index (χ1v) is 10.8. The monoisotopic (exact) mass is 437 g/mol.